The van der Waals surface area contributed by atoms with E-state index in [-0.39, 0.29) is 0 Å². The van der Waals surface area contributed by atoms with Gasteiger partial charge in [0.15, 0.2) is 6.33 Å². The lowest BCUT2D eigenvalue weighted by molar-refractivity contribution is 0.380. The molecule has 0 saturated carbocycles. The van der Waals surface area contributed by atoms with Crippen molar-refractivity contribution in [2.75, 3.05) is 11.9 Å². The number of hydrogen-bond acceptors (Lipinski definition) is 4. The molecule has 3 aromatic rings. The molecule has 1 heterocycles. The first kappa shape index (κ1) is 10.8. The maximum atomic E-state index is 4.94. The number of rotatable bonds is 4. The third-order valence-electron chi connectivity index (χ3n) is 2.82. The predicted molar refractivity (Wildman–Crippen MR) is 70.4 cm³/mol. The van der Waals surface area contributed by atoms with E-state index in [4.69, 9.17) is 4.52 Å². The smallest absolute Gasteiger partial charge is 0.228 e. The van der Waals surface area contributed by atoms with Crippen LogP contribution in [0.1, 0.15) is 5.89 Å². The summed E-state index contributed by atoms with van der Waals surface area (Å²) < 4.78 is 4.94. The van der Waals surface area contributed by atoms with Gasteiger partial charge in [0.2, 0.25) is 5.89 Å². The summed E-state index contributed by atoms with van der Waals surface area (Å²) in [5.74, 6) is 0.656. The first-order valence-corrected chi connectivity index (χ1v) is 5.90. The first-order chi connectivity index (χ1) is 8.92. The molecule has 0 saturated heterocycles. The second-order valence-electron chi connectivity index (χ2n) is 4.07. The predicted octanol–water partition coefficient (Wildman–Crippen LogP) is 2.88. The lowest BCUT2D eigenvalue weighted by atomic mass is 10.1. The molecule has 0 aliphatic heterocycles. The number of anilines is 1. The molecule has 90 valence electrons. The summed E-state index contributed by atoms with van der Waals surface area (Å²) in [5.41, 5.74) is 1.10. The molecule has 0 aliphatic carbocycles. The average molecular weight is 239 g/mol. The lowest BCUT2D eigenvalue weighted by Crippen LogP contribution is -2.04. The Morgan fingerprint density at radius 3 is 2.78 bits per heavy atom. The van der Waals surface area contributed by atoms with Crippen LogP contribution in [0, 0.1) is 0 Å². The topological polar surface area (TPSA) is 51.0 Å². The molecule has 3 rings (SSSR count). The third kappa shape index (κ3) is 2.32. The number of fused-ring (bicyclic) bond motifs is 1. The SMILES string of the molecule is c1ccc2cc(NCCc3ncno3)ccc2c1. The van der Waals surface area contributed by atoms with Crippen molar-refractivity contribution in [3.05, 3.63) is 54.7 Å². The summed E-state index contributed by atoms with van der Waals surface area (Å²) in [6.45, 7) is 0.778. The molecule has 18 heavy (non-hydrogen) atoms. The maximum absolute atomic E-state index is 4.94. The first-order valence-electron chi connectivity index (χ1n) is 5.90. The minimum atomic E-state index is 0.656. The molecule has 4 heteroatoms. The summed E-state index contributed by atoms with van der Waals surface area (Å²) in [5, 5.41) is 9.41. The maximum Gasteiger partial charge on any atom is 0.228 e. The molecule has 0 unspecified atom stereocenters. The Hall–Kier alpha value is -2.36. The van der Waals surface area contributed by atoms with Gasteiger partial charge in [0.1, 0.15) is 0 Å². The highest BCUT2D eigenvalue weighted by Crippen LogP contribution is 2.18. The quantitative estimate of drug-likeness (QED) is 0.760. The van der Waals surface area contributed by atoms with Gasteiger partial charge in [-0.3, -0.25) is 0 Å². The molecule has 1 aromatic heterocycles. The van der Waals surface area contributed by atoms with Crippen molar-refractivity contribution in [2.45, 2.75) is 6.42 Å². The highest BCUT2D eigenvalue weighted by atomic mass is 16.5. The molecule has 0 bridgehead atoms. The Labute approximate surface area is 105 Å². The molecular formula is C14H13N3O. The zero-order valence-electron chi connectivity index (χ0n) is 9.84. The summed E-state index contributed by atoms with van der Waals surface area (Å²) in [4.78, 5) is 3.98. The van der Waals surface area contributed by atoms with E-state index in [1.165, 1.54) is 17.1 Å². The Bertz CT molecular complexity index is 634. The largest absolute Gasteiger partial charge is 0.385 e. The van der Waals surface area contributed by atoms with Crippen LogP contribution in [0.4, 0.5) is 5.69 Å². The van der Waals surface area contributed by atoms with Gasteiger partial charge in [-0.2, -0.15) is 4.98 Å². The van der Waals surface area contributed by atoms with Crippen LogP contribution >= 0.6 is 0 Å². The minimum Gasteiger partial charge on any atom is -0.385 e. The van der Waals surface area contributed by atoms with Gasteiger partial charge in [0.05, 0.1) is 0 Å². The van der Waals surface area contributed by atoms with Crippen LogP contribution in [-0.2, 0) is 6.42 Å². The van der Waals surface area contributed by atoms with Crippen molar-refractivity contribution in [2.24, 2.45) is 0 Å². The second kappa shape index (κ2) is 4.87. The molecule has 0 aliphatic rings. The Balaban J connectivity index is 1.67. The average Bonchev–Trinajstić information content (AvgIpc) is 2.92. The van der Waals surface area contributed by atoms with Crippen molar-refractivity contribution in [3.8, 4) is 0 Å². The van der Waals surface area contributed by atoms with E-state index in [9.17, 15) is 0 Å². The van der Waals surface area contributed by atoms with Gasteiger partial charge in [0.25, 0.3) is 0 Å². The number of nitrogens with one attached hydrogen (secondary N) is 1. The van der Waals surface area contributed by atoms with E-state index in [0.717, 1.165) is 18.7 Å². The molecule has 1 N–H and O–H groups in total. The van der Waals surface area contributed by atoms with Crippen LogP contribution in [0.25, 0.3) is 10.8 Å². The van der Waals surface area contributed by atoms with Gasteiger partial charge in [0, 0.05) is 18.7 Å². The normalized spacial score (nSPS) is 10.7. The Morgan fingerprint density at radius 2 is 1.94 bits per heavy atom. The number of aromatic nitrogens is 2. The van der Waals surface area contributed by atoms with Crippen molar-refractivity contribution in [3.63, 3.8) is 0 Å². The van der Waals surface area contributed by atoms with Crippen molar-refractivity contribution >= 4 is 16.5 Å². The monoisotopic (exact) mass is 239 g/mol. The zero-order valence-corrected chi connectivity index (χ0v) is 9.84. The van der Waals surface area contributed by atoms with Crippen LogP contribution in [0.15, 0.2) is 53.3 Å². The van der Waals surface area contributed by atoms with Gasteiger partial charge in [-0.05, 0) is 22.9 Å². The van der Waals surface area contributed by atoms with Crippen LogP contribution in [-0.4, -0.2) is 16.7 Å². The van der Waals surface area contributed by atoms with E-state index in [1.54, 1.807) is 0 Å². The van der Waals surface area contributed by atoms with Crippen LogP contribution < -0.4 is 5.32 Å². The van der Waals surface area contributed by atoms with Gasteiger partial charge < -0.3 is 9.84 Å². The number of nitrogens with zero attached hydrogens (tertiary/aromatic N) is 2. The third-order valence-corrected chi connectivity index (χ3v) is 2.82. The molecule has 0 fully saturated rings. The summed E-state index contributed by atoms with van der Waals surface area (Å²) in [6, 6.07) is 14.6. The van der Waals surface area contributed by atoms with E-state index < -0.39 is 0 Å². The summed E-state index contributed by atoms with van der Waals surface area (Å²) in [6.07, 6.45) is 2.15. The molecule has 2 aromatic carbocycles. The molecule has 0 spiro atoms. The van der Waals surface area contributed by atoms with E-state index in [0.29, 0.717) is 5.89 Å². The fraction of sp³-hybridized carbons (Fsp3) is 0.143. The standard InChI is InChI=1S/C14H13N3O/c1-2-4-12-9-13(6-5-11(12)3-1)15-8-7-14-16-10-17-18-14/h1-6,9-10,15H,7-8H2. The number of benzene rings is 2. The van der Waals surface area contributed by atoms with E-state index >= 15 is 0 Å². The fourth-order valence-corrected chi connectivity index (χ4v) is 1.92. The van der Waals surface area contributed by atoms with Crippen LogP contribution in [0.2, 0.25) is 0 Å². The molecule has 4 nitrogen and oxygen atoms in total. The van der Waals surface area contributed by atoms with Crippen LogP contribution in [0.3, 0.4) is 0 Å². The fourth-order valence-electron chi connectivity index (χ4n) is 1.92. The summed E-state index contributed by atoms with van der Waals surface area (Å²) >= 11 is 0. The highest BCUT2D eigenvalue weighted by molar-refractivity contribution is 5.85. The molecule has 0 radical (unpaired) electrons. The zero-order chi connectivity index (χ0) is 12.2. The van der Waals surface area contributed by atoms with Gasteiger partial charge in [-0.1, -0.05) is 35.5 Å². The van der Waals surface area contributed by atoms with Crippen molar-refractivity contribution < 1.29 is 4.52 Å². The van der Waals surface area contributed by atoms with Crippen molar-refractivity contribution in [1.29, 1.82) is 0 Å². The van der Waals surface area contributed by atoms with Crippen LogP contribution in [0.5, 0.6) is 0 Å². The highest BCUT2D eigenvalue weighted by Gasteiger charge is 1.99. The molecule has 0 atom stereocenters. The van der Waals surface area contributed by atoms with E-state index in [1.807, 2.05) is 12.1 Å². The van der Waals surface area contributed by atoms with Gasteiger partial charge in [-0.15, -0.1) is 0 Å². The number of hydrogen-bond donors (Lipinski definition) is 1. The minimum absolute atomic E-state index is 0.656. The Kier molecular flexibility index (Phi) is 2.92. The summed E-state index contributed by atoms with van der Waals surface area (Å²) in [7, 11) is 0. The van der Waals surface area contributed by atoms with Gasteiger partial charge in [-0.25, -0.2) is 0 Å². The Morgan fingerprint density at radius 1 is 1.06 bits per heavy atom. The van der Waals surface area contributed by atoms with E-state index in [2.05, 4.69) is 45.8 Å². The lowest BCUT2D eigenvalue weighted by Gasteiger charge is -2.06. The molecule has 0 amide bonds. The second-order valence-corrected chi connectivity index (χ2v) is 4.07. The van der Waals surface area contributed by atoms with Gasteiger partial charge >= 0.3 is 0 Å². The van der Waals surface area contributed by atoms with Crippen molar-refractivity contribution in [1.82, 2.24) is 10.1 Å². The molecular weight excluding hydrogens is 226 g/mol.